The van der Waals surface area contributed by atoms with E-state index in [-0.39, 0.29) is 0 Å². The zero-order valence-corrected chi connectivity index (χ0v) is 11.1. The Bertz CT molecular complexity index is 508. The number of aryl methyl sites for hydroxylation is 3. The molecule has 1 heterocycles. The minimum Gasteiger partial charge on any atom is -0.448 e. The van der Waals surface area contributed by atoms with Gasteiger partial charge in [0, 0.05) is 5.69 Å². The largest absolute Gasteiger partial charge is 0.448 e. The number of furan rings is 1. The maximum Gasteiger partial charge on any atom is 0.193 e. The Labute approximate surface area is 107 Å². The SMILES string of the molecule is Cc1cc(C)c(NCc2ccc(Cl)o2)c(C)c1. The second-order valence-electron chi connectivity index (χ2n) is 4.33. The Morgan fingerprint density at radius 2 is 1.76 bits per heavy atom. The van der Waals surface area contributed by atoms with Crippen molar-refractivity contribution in [3.8, 4) is 0 Å². The van der Waals surface area contributed by atoms with Gasteiger partial charge in [-0.15, -0.1) is 0 Å². The van der Waals surface area contributed by atoms with Crippen LogP contribution in [0.3, 0.4) is 0 Å². The number of hydrogen-bond donors (Lipinski definition) is 1. The predicted molar refractivity (Wildman–Crippen MR) is 71.7 cm³/mol. The topological polar surface area (TPSA) is 25.2 Å². The van der Waals surface area contributed by atoms with E-state index < -0.39 is 0 Å². The lowest BCUT2D eigenvalue weighted by molar-refractivity contribution is 0.520. The van der Waals surface area contributed by atoms with Crippen LogP contribution in [-0.4, -0.2) is 0 Å². The standard InChI is InChI=1S/C14H16ClNO/c1-9-6-10(2)14(11(3)7-9)16-8-12-4-5-13(15)17-12/h4-7,16H,8H2,1-3H3. The lowest BCUT2D eigenvalue weighted by Crippen LogP contribution is -2.02. The van der Waals surface area contributed by atoms with Crippen LogP contribution in [0.4, 0.5) is 5.69 Å². The Morgan fingerprint density at radius 3 is 2.29 bits per heavy atom. The number of benzene rings is 1. The van der Waals surface area contributed by atoms with Gasteiger partial charge in [0.2, 0.25) is 0 Å². The van der Waals surface area contributed by atoms with Gasteiger partial charge in [0.15, 0.2) is 5.22 Å². The van der Waals surface area contributed by atoms with Gasteiger partial charge in [0.05, 0.1) is 6.54 Å². The van der Waals surface area contributed by atoms with Crippen molar-refractivity contribution in [1.82, 2.24) is 0 Å². The van der Waals surface area contributed by atoms with Crippen molar-refractivity contribution in [2.75, 3.05) is 5.32 Å². The van der Waals surface area contributed by atoms with Crippen molar-refractivity contribution in [1.29, 1.82) is 0 Å². The normalized spacial score (nSPS) is 10.6. The van der Waals surface area contributed by atoms with Crippen molar-refractivity contribution in [3.05, 3.63) is 51.9 Å². The van der Waals surface area contributed by atoms with Crippen molar-refractivity contribution in [3.63, 3.8) is 0 Å². The monoisotopic (exact) mass is 249 g/mol. The summed E-state index contributed by atoms with van der Waals surface area (Å²) in [5.41, 5.74) is 4.95. The number of hydrogen-bond acceptors (Lipinski definition) is 2. The number of halogens is 1. The minimum atomic E-state index is 0.430. The third-order valence-corrected chi connectivity index (χ3v) is 2.95. The van der Waals surface area contributed by atoms with E-state index in [9.17, 15) is 0 Å². The summed E-state index contributed by atoms with van der Waals surface area (Å²) in [4.78, 5) is 0. The maximum atomic E-state index is 5.73. The van der Waals surface area contributed by atoms with Crippen LogP contribution in [0, 0.1) is 20.8 Å². The van der Waals surface area contributed by atoms with Crippen LogP contribution >= 0.6 is 11.6 Å². The van der Waals surface area contributed by atoms with Gasteiger partial charge in [-0.05, 0) is 55.6 Å². The molecule has 3 heteroatoms. The van der Waals surface area contributed by atoms with Crippen molar-refractivity contribution >= 4 is 17.3 Å². The van der Waals surface area contributed by atoms with Crippen molar-refractivity contribution in [2.45, 2.75) is 27.3 Å². The summed E-state index contributed by atoms with van der Waals surface area (Å²) in [6.45, 7) is 6.97. The van der Waals surface area contributed by atoms with Gasteiger partial charge in [0.1, 0.15) is 5.76 Å². The van der Waals surface area contributed by atoms with E-state index in [0.29, 0.717) is 11.8 Å². The molecule has 1 aromatic heterocycles. The second kappa shape index (κ2) is 4.84. The summed E-state index contributed by atoms with van der Waals surface area (Å²) < 4.78 is 5.31. The number of nitrogens with one attached hydrogen (secondary N) is 1. The fraction of sp³-hybridized carbons (Fsp3) is 0.286. The number of rotatable bonds is 3. The first kappa shape index (κ1) is 12.1. The summed E-state index contributed by atoms with van der Waals surface area (Å²) in [6.07, 6.45) is 0. The van der Waals surface area contributed by atoms with E-state index in [1.165, 1.54) is 22.4 Å². The molecule has 0 saturated heterocycles. The molecule has 0 aliphatic rings. The summed E-state index contributed by atoms with van der Waals surface area (Å²) in [5.74, 6) is 0.842. The lowest BCUT2D eigenvalue weighted by atomic mass is 10.1. The van der Waals surface area contributed by atoms with E-state index in [1.54, 1.807) is 6.07 Å². The molecular formula is C14H16ClNO. The van der Waals surface area contributed by atoms with Gasteiger partial charge in [-0.25, -0.2) is 0 Å². The fourth-order valence-corrected chi connectivity index (χ4v) is 2.24. The highest BCUT2D eigenvalue weighted by atomic mass is 35.5. The predicted octanol–water partition coefficient (Wildman–Crippen LogP) is 4.47. The maximum absolute atomic E-state index is 5.73. The lowest BCUT2D eigenvalue weighted by Gasteiger charge is -2.12. The molecule has 0 spiro atoms. The molecule has 1 aromatic carbocycles. The summed E-state index contributed by atoms with van der Waals surface area (Å²) >= 11 is 5.73. The first-order valence-corrected chi connectivity index (χ1v) is 6.00. The third kappa shape index (κ3) is 2.83. The van der Waals surface area contributed by atoms with Gasteiger partial charge >= 0.3 is 0 Å². The van der Waals surface area contributed by atoms with Gasteiger partial charge in [-0.1, -0.05) is 17.7 Å². The first-order valence-electron chi connectivity index (χ1n) is 5.62. The van der Waals surface area contributed by atoms with Gasteiger partial charge in [-0.3, -0.25) is 0 Å². The third-order valence-electron chi connectivity index (χ3n) is 2.75. The molecule has 0 radical (unpaired) electrons. The van der Waals surface area contributed by atoms with Crippen molar-refractivity contribution in [2.24, 2.45) is 0 Å². The van der Waals surface area contributed by atoms with Crippen LogP contribution in [0.1, 0.15) is 22.5 Å². The first-order chi connectivity index (χ1) is 8.06. The summed E-state index contributed by atoms with van der Waals surface area (Å²) in [5, 5.41) is 3.82. The highest BCUT2D eigenvalue weighted by Gasteiger charge is 2.05. The number of anilines is 1. The minimum absolute atomic E-state index is 0.430. The van der Waals surface area contributed by atoms with E-state index in [2.05, 4.69) is 38.2 Å². The van der Waals surface area contributed by atoms with Crippen LogP contribution in [-0.2, 0) is 6.54 Å². The second-order valence-corrected chi connectivity index (χ2v) is 4.71. The molecular weight excluding hydrogens is 234 g/mol. The Hall–Kier alpha value is -1.41. The van der Waals surface area contributed by atoms with E-state index in [0.717, 1.165) is 5.76 Å². The van der Waals surface area contributed by atoms with Crippen LogP contribution in [0.5, 0.6) is 0 Å². The molecule has 0 saturated carbocycles. The van der Waals surface area contributed by atoms with Crippen molar-refractivity contribution < 1.29 is 4.42 Å². The van der Waals surface area contributed by atoms with Crippen LogP contribution in [0.15, 0.2) is 28.7 Å². The molecule has 2 rings (SSSR count). The molecule has 0 aliphatic heterocycles. The molecule has 0 aliphatic carbocycles. The average Bonchev–Trinajstić information content (AvgIpc) is 2.62. The van der Waals surface area contributed by atoms with E-state index in [4.69, 9.17) is 16.0 Å². The Balaban J connectivity index is 2.14. The van der Waals surface area contributed by atoms with Crippen LogP contribution < -0.4 is 5.32 Å². The van der Waals surface area contributed by atoms with Gasteiger partial charge in [-0.2, -0.15) is 0 Å². The Morgan fingerprint density at radius 1 is 1.12 bits per heavy atom. The van der Waals surface area contributed by atoms with Crippen LogP contribution in [0.2, 0.25) is 5.22 Å². The molecule has 0 unspecified atom stereocenters. The molecule has 90 valence electrons. The molecule has 0 fully saturated rings. The molecule has 17 heavy (non-hydrogen) atoms. The molecule has 0 amide bonds. The van der Waals surface area contributed by atoms with E-state index in [1.807, 2.05) is 6.07 Å². The quantitative estimate of drug-likeness (QED) is 0.868. The van der Waals surface area contributed by atoms with Crippen LogP contribution in [0.25, 0.3) is 0 Å². The fourth-order valence-electron chi connectivity index (χ4n) is 2.08. The molecule has 2 nitrogen and oxygen atoms in total. The highest BCUT2D eigenvalue weighted by molar-refractivity contribution is 6.28. The Kier molecular flexibility index (Phi) is 3.43. The molecule has 0 atom stereocenters. The van der Waals surface area contributed by atoms with Gasteiger partial charge < -0.3 is 9.73 Å². The summed E-state index contributed by atoms with van der Waals surface area (Å²) in [7, 11) is 0. The van der Waals surface area contributed by atoms with E-state index >= 15 is 0 Å². The zero-order chi connectivity index (χ0) is 12.4. The molecule has 1 N–H and O–H groups in total. The average molecular weight is 250 g/mol. The van der Waals surface area contributed by atoms with Gasteiger partial charge in [0.25, 0.3) is 0 Å². The molecule has 0 bridgehead atoms. The highest BCUT2D eigenvalue weighted by Crippen LogP contribution is 2.23. The summed E-state index contributed by atoms with van der Waals surface area (Å²) in [6, 6.07) is 7.98. The zero-order valence-electron chi connectivity index (χ0n) is 10.3. The molecule has 2 aromatic rings. The smallest absolute Gasteiger partial charge is 0.193 e.